The van der Waals surface area contributed by atoms with E-state index in [1.54, 1.807) is 0 Å². The maximum absolute atomic E-state index is 5.92. The zero-order valence-electron chi connectivity index (χ0n) is 11.5. The van der Waals surface area contributed by atoms with Gasteiger partial charge < -0.3 is 10.2 Å². The van der Waals surface area contributed by atoms with Crippen molar-refractivity contribution in [2.75, 3.05) is 0 Å². The summed E-state index contributed by atoms with van der Waals surface area (Å²) in [7, 11) is 0. The van der Waals surface area contributed by atoms with Crippen molar-refractivity contribution in [3.05, 3.63) is 48.0 Å². The van der Waals surface area contributed by atoms with Crippen LogP contribution in [0.15, 0.2) is 46.9 Å². The van der Waals surface area contributed by atoms with Gasteiger partial charge in [0.1, 0.15) is 11.2 Å². The minimum absolute atomic E-state index is 0.0446. The summed E-state index contributed by atoms with van der Waals surface area (Å²) >= 11 is 0. The first-order valence-corrected chi connectivity index (χ1v) is 6.96. The molecule has 0 aliphatic heterocycles. The Hall–Kier alpha value is -2.24. The van der Waals surface area contributed by atoms with Crippen molar-refractivity contribution in [3.63, 3.8) is 0 Å². The molecule has 0 amide bonds. The molecule has 100 valence electrons. The molecule has 0 saturated heterocycles. The number of hydrogen-bond donors (Lipinski definition) is 1. The molecule has 0 fully saturated rings. The molecular formula is C18H17NO. The van der Waals surface area contributed by atoms with Gasteiger partial charge in [-0.25, -0.2) is 0 Å². The molecule has 2 aromatic carbocycles. The third-order valence-corrected chi connectivity index (χ3v) is 3.38. The van der Waals surface area contributed by atoms with Gasteiger partial charge in [-0.1, -0.05) is 43.4 Å². The van der Waals surface area contributed by atoms with E-state index in [9.17, 15) is 0 Å². The third kappa shape index (κ3) is 2.41. The fourth-order valence-corrected chi connectivity index (χ4v) is 2.36. The number of hydrogen-bond acceptors (Lipinski definition) is 2. The van der Waals surface area contributed by atoms with Crippen molar-refractivity contribution in [1.82, 2.24) is 0 Å². The minimum atomic E-state index is -0.0446. The summed E-state index contributed by atoms with van der Waals surface area (Å²) in [5.74, 6) is 6.26. The second kappa shape index (κ2) is 5.40. The molecule has 0 aliphatic carbocycles. The van der Waals surface area contributed by atoms with Gasteiger partial charge in [0.2, 0.25) is 0 Å². The maximum atomic E-state index is 5.92. The van der Waals surface area contributed by atoms with Crippen LogP contribution in [0.3, 0.4) is 0 Å². The molecule has 1 atom stereocenters. The normalized spacial score (nSPS) is 12.3. The van der Waals surface area contributed by atoms with E-state index < -0.39 is 0 Å². The predicted molar refractivity (Wildman–Crippen MR) is 83.5 cm³/mol. The molecule has 0 aliphatic rings. The summed E-state index contributed by atoms with van der Waals surface area (Å²) in [6.07, 6.45) is 1.99. The molecule has 2 nitrogen and oxygen atoms in total. The Labute approximate surface area is 118 Å². The average molecular weight is 263 g/mol. The van der Waals surface area contributed by atoms with E-state index >= 15 is 0 Å². The SMILES string of the molecule is CCCC(N)C#Cc1ccc2oc3ccccc3c2c1. The van der Waals surface area contributed by atoms with Gasteiger partial charge in [0.25, 0.3) is 0 Å². The van der Waals surface area contributed by atoms with Gasteiger partial charge in [0.05, 0.1) is 6.04 Å². The Morgan fingerprint density at radius 3 is 2.75 bits per heavy atom. The minimum Gasteiger partial charge on any atom is -0.456 e. The Bertz CT molecular complexity index is 804. The lowest BCUT2D eigenvalue weighted by atomic mass is 10.1. The van der Waals surface area contributed by atoms with Crippen molar-refractivity contribution in [3.8, 4) is 11.8 Å². The molecule has 1 heterocycles. The highest BCUT2D eigenvalue weighted by atomic mass is 16.3. The second-order valence-corrected chi connectivity index (χ2v) is 4.97. The molecule has 1 aromatic heterocycles. The molecular weight excluding hydrogens is 246 g/mol. The van der Waals surface area contributed by atoms with E-state index in [1.807, 2.05) is 30.3 Å². The predicted octanol–water partition coefficient (Wildman–Crippen LogP) is 4.06. The van der Waals surface area contributed by atoms with Crippen LogP contribution in [0.2, 0.25) is 0 Å². The van der Waals surface area contributed by atoms with Crippen LogP contribution in [-0.2, 0) is 0 Å². The largest absolute Gasteiger partial charge is 0.456 e. The highest BCUT2D eigenvalue weighted by Gasteiger charge is 2.05. The van der Waals surface area contributed by atoms with Crippen molar-refractivity contribution in [1.29, 1.82) is 0 Å². The standard InChI is InChI=1S/C18H17NO/c1-2-5-14(19)10-8-13-9-11-18-16(12-13)15-6-3-4-7-17(15)20-18/h3-4,6-7,9,11-12,14H,2,5,19H2,1H3. The topological polar surface area (TPSA) is 39.2 Å². The zero-order valence-corrected chi connectivity index (χ0v) is 11.5. The fraction of sp³-hybridized carbons (Fsp3) is 0.222. The van der Waals surface area contributed by atoms with Gasteiger partial charge >= 0.3 is 0 Å². The van der Waals surface area contributed by atoms with Gasteiger partial charge in [-0.05, 0) is 30.7 Å². The molecule has 0 saturated carbocycles. The smallest absolute Gasteiger partial charge is 0.135 e. The first kappa shape index (κ1) is 12.8. The molecule has 2 heteroatoms. The van der Waals surface area contributed by atoms with E-state index in [4.69, 9.17) is 10.2 Å². The summed E-state index contributed by atoms with van der Waals surface area (Å²) in [6, 6.07) is 14.0. The number of para-hydroxylation sites is 1. The summed E-state index contributed by atoms with van der Waals surface area (Å²) < 4.78 is 5.80. The Balaban J connectivity index is 2.03. The van der Waals surface area contributed by atoms with Crippen molar-refractivity contribution in [2.24, 2.45) is 5.73 Å². The highest BCUT2D eigenvalue weighted by molar-refractivity contribution is 6.05. The highest BCUT2D eigenvalue weighted by Crippen LogP contribution is 2.28. The van der Waals surface area contributed by atoms with Gasteiger partial charge in [0.15, 0.2) is 0 Å². The lowest BCUT2D eigenvalue weighted by Gasteiger charge is -1.99. The van der Waals surface area contributed by atoms with Crippen LogP contribution in [0, 0.1) is 11.8 Å². The monoisotopic (exact) mass is 263 g/mol. The molecule has 3 aromatic rings. The summed E-state index contributed by atoms with van der Waals surface area (Å²) in [5, 5.41) is 2.24. The first-order valence-electron chi connectivity index (χ1n) is 6.96. The molecule has 2 N–H and O–H groups in total. The average Bonchev–Trinajstić information content (AvgIpc) is 2.83. The summed E-state index contributed by atoms with van der Waals surface area (Å²) in [6.45, 7) is 2.12. The molecule has 0 bridgehead atoms. The molecule has 0 spiro atoms. The number of nitrogens with two attached hydrogens (primary N) is 1. The summed E-state index contributed by atoms with van der Waals surface area (Å²) in [4.78, 5) is 0. The lowest BCUT2D eigenvalue weighted by molar-refractivity contribution is 0.669. The quantitative estimate of drug-likeness (QED) is 0.708. The molecule has 3 rings (SSSR count). The zero-order chi connectivity index (χ0) is 13.9. The molecule has 20 heavy (non-hydrogen) atoms. The molecule has 1 unspecified atom stereocenters. The number of rotatable bonds is 2. The van der Waals surface area contributed by atoms with Crippen LogP contribution in [-0.4, -0.2) is 6.04 Å². The second-order valence-electron chi connectivity index (χ2n) is 4.97. The Kier molecular flexibility index (Phi) is 3.45. The van der Waals surface area contributed by atoms with Gasteiger partial charge in [-0.2, -0.15) is 0 Å². The number of benzene rings is 2. The van der Waals surface area contributed by atoms with E-state index in [0.717, 1.165) is 40.3 Å². The fourth-order valence-electron chi connectivity index (χ4n) is 2.36. The first-order chi connectivity index (χ1) is 9.78. The van der Waals surface area contributed by atoms with Crippen molar-refractivity contribution < 1.29 is 4.42 Å². The van der Waals surface area contributed by atoms with Crippen molar-refractivity contribution >= 4 is 21.9 Å². The number of furan rings is 1. The number of fused-ring (bicyclic) bond motifs is 3. The molecule has 0 radical (unpaired) electrons. The van der Waals surface area contributed by atoms with Crippen LogP contribution in [0.1, 0.15) is 25.3 Å². The van der Waals surface area contributed by atoms with Crippen molar-refractivity contribution in [2.45, 2.75) is 25.8 Å². The van der Waals surface area contributed by atoms with Gasteiger partial charge in [0, 0.05) is 16.3 Å². The van der Waals surface area contributed by atoms with Crippen LogP contribution in [0.25, 0.3) is 21.9 Å². The van der Waals surface area contributed by atoms with Crippen LogP contribution < -0.4 is 5.73 Å². The van der Waals surface area contributed by atoms with Gasteiger partial charge in [-0.15, -0.1) is 0 Å². The van der Waals surface area contributed by atoms with E-state index in [2.05, 4.69) is 30.9 Å². The van der Waals surface area contributed by atoms with E-state index in [-0.39, 0.29) is 6.04 Å². The Morgan fingerprint density at radius 2 is 1.90 bits per heavy atom. The maximum Gasteiger partial charge on any atom is 0.135 e. The van der Waals surface area contributed by atoms with Gasteiger partial charge in [-0.3, -0.25) is 0 Å². The third-order valence-electron chi connectivity index (χ3n) is 3.38. The van der Waals surface area contributed by atoms with Crippen LogP contribution >= 0.6 is 0 Å². The lowest BCUT2D eigenvalue weighted by Crippen LogP contribution is -2.16. The summed E-state index contributed by atoms with van der Waals surface area (Å²) in [5.41, 5.74) is 8.72. The van der Waals surface area contributed by atoms with E-state index in [0.29, 0.717) is 0 Å². The Morgan fingerprint density at radius 1 is 1.10 bits per heavy atom. The van der Waals surface area contributed by atoms with Crippen LogP contribution in [0.5, 0.6) is 0 Å². The van der Waals surface area contributed by atoms with Crippen LogP contribution in [0.4, 0.5) is 0 Å². The van der Waals surface area contributed by atoms with E-state index in [1.165, 1.54) is 0 Å².